The van der Waals surface area contributed by atoms with Gasteiger partial charge in [0.05, 0.1) is 7.11 Å². The Bertz CT molecular complexity index is 335. The molecule has 0 aliphatic carbocycles. The van der Waals surface area contributed by atoms with Gasteiger partial charge in [-0.3, -0.25) is 9.69 Å². The quantitative estimate of drug-likeness (QED) is 0.795. The van der Waals surface area contributed by atoms with E-state index >= 15 is 0 Å². The molecule has 1 unspecified atom stereocenters. The van der Waals surface area contributed by atoms with Crippen LogP contribution < -0.4 is 4.74 Å². The molecule has 0 aliphatic rings. The molecule has 1 N–H and O–H groups in total. The van der Waals surface area contributed by atoms with Crippen LogP contribution in [0.4, 0.5) is 0 Å². The molecule has 1 heterocycles. The maximum atomic E-state index is 11.0. The van der Waals surface area contributed by atoms with E-state index in [1.54, 1.807) is 31.1 Å². The number of ether oxygens (including phenoxy) is 1. The van der Waals surface area contributed by atoms with Crippen molar-refractivity contribution in [1.82, 2.24) is 9.88 Å². The molecule has 5 nitrogen and oxygen atoms in total. The smallest absolute Gasteiger partial charge is 0.325 e. The van der Waals surface area contributed by atoms with E-state index in [-0.39, 0.29) is 0 Å². The summed E-state index contributed by atoms with van der Waals surface area (Å²) in [6.07, 6.45) is 1.51. The van der Waals surface area contributed by atoms with Gasteiger partial charge in [0.25, 0.3) is 0 Å². The molecule has 15 heavy (non-hydrogen) atoms. The van der Waals surface area contributed by atoms with Gasteiger partial charge >= 0.3 is 5.97 Å². The van der Waals surface area contributed by atoms with Gasteiger partial charge in [-0.1, -0.05) is 0 Å². The van der Waals surface area contributed by atoms with E-state index in [0.29, 0.717) is 11.4 Å². The average molecular weight is 210 g/mol. The molecule has 1 rings (SSSR count). The molecule has 0 fully saturated rings. The first-order valence-electron chi connectivity index (χ1n) is 4.45. The summed E-state index contributed by atoms with van der Waals surface area (Å²) in [5, 5.41) is 9.02. The van der Waals surface area contributed by atoms with E-state index in [1.807, 2.05) is 0 Å². The van der Waals surface area contributed by atoms with Crippen LogP contribution in [0.15, 0.2) is 18.3 Å². The predicted molar refractivity (Wildman–Crippen MR) is 54.9 cm³/mol. The zero-order valence-corrected chi connectivity index (χ0v) is 8.97. The van der Waals surface area contributed by atoms with E-state index in [4.69, 9.17) is 9.84 Å². The first kappa shape index (κ1) is 11.5. The Hall–Kier alpha value is -1.62. The van der Waals surface area contributed by atoms with Gasteiger partial charge in [0.2, 0.25) is 5.88 Å². The number of aliphatic carboxylic acids is 1. The van der Waals surface area contributed by atoms with Gasteiger partial charge in [0.1, 0.15) is 6.04 Å². The number of carboxylic acids is 1. The molecule has 0 aromatic carbocycles. The van der Waals surface area contributed by atoms with Crippen molar-refractivity contribution in [2.24, 2.45) is 0 Å². The third-order valence-electron chi connectivity index (χ3n) is 2.03. The number of aromatic nitrogens is 1. The van der Waals surface area contributed by atoms with Crippen molar-refractivity contribution >= 4 is 5.97 Å². The van der Waals surface area contributed by atoms with Crippen LogP contribution >= 0.6 is 0 Å². The minimum absolute atomic E-state index is 0.474. The monoisotopic (exact) mass is 210 g/mol. The fraction of sp³-hybridized carbons (Fsp3) is 0.400. The Morgan fingerprint density at radius 1 is 1.53 bits per heavy atom. The Balaban J connectivity index is 2.97. The van der Waals surface area contributed by atoms with Crippen molar-refractivity contribution in [2.45, 2.75) is 6.04 Å². The van der Waals surface area contributed by atoms with Crippen molar-refractivity contribution in [3.05, 3.63) is 23.9 Å². The summed E-state index contributed by atoms with van der Waals surface area (Å²) >= 11 is 0. The molecule has 0 amide bonds. The number of nitrogens with zero attached hydrogens (tertiary/aromatic N) is 2. The van der Waals surface area contributed by atoms with Gasteiger partial charge in [-0.15, -0.1) is 0 Å². The van der Waals surface area contributed by atoms with Crippen molar-refractivity contribution < 1.29 is 14.6 Å². The summed E-state index contributed by atoms with van der Waals surface area (Å²) < 4.78 is 4.90. The highest BCUT2D eigenvalue weighted by Crippen LogP contribution is 2.19. The first-order chi connectivity index (χ1) is 7.06. The minimum atomic E-state index is -0.896. The van der Waals surface area contributed by atoms with Gasteiger partial charge < -0.3 is 9.84 Å². The summed E-state index contributed by atoms with van der Waals surface area (Å²) in [6.45, 7) is 0. The average Bonchev–Trinajstić information content (AvgIpc) is 2.18. The van der Waals surface area contributed by atoms with Crippen LogP contribution in [0.25, 0.3) is 0 Å². The van der Waals surface area contributed by atoms with Crippen molar-refractivity contribution in [3.63, 3.8) is 0 Å². The highest BCUT2D eigenvalue weighted by Gasteiger charge is 2.22. The molecular weight excluding hydrogens is 196 g/mol. The second-order valence-electron chi connectivity index (χ2n) is 3.34. The highest BCUT2D eigenvalue weighted by atomic mass is 16.5. The van der Waals surface area contributed by atoms with Crippen LogP contribution in [0, 0.1) is 0 Å². The largest absolute Gasteiger partial charge is 0.481 e. The first-order valence-corrected chi connectivity index (χ1v) is 4.45. The van der Waals surface area contributed by atoms with Crippen LogP contribution in [0.1, 0.15) is 11.6 Å². The van der Waals surface area contributed by atoms with Crippen LogP contribution in [0.2, 0.25) is 0 Å². The SMILES string of the molecule is COc1ccc(C(C(=O)O)N(C)C)cn1. The van der Waals surface area contributed by atoms with E-state index in [1.165, 1.54) is 13.3 Å². The maximum absolute atomic E-state index is 11.0. The normalized spacial score (nSPS) is 12.5. The lowest BCUT2D eigenvalue weighted by Crippen LogP contribution is -2.27. The number of rotatable bonds is 4. The van der Waals surface area contributed by atoms with Gasteiger partial charge in [0, 0.05) is 12.3 Å². The molecule has 0 saturated heterocycles. The summed E-state index contributed by atoms with van der Waals surface area (Å²) in [4.78, 5) is 16.6. The molecular formula is C10H14N2O3. The number of likely N-dealkylation sites (N-methyl/N-ethyl adjacent to an activating group) is 1. The highest BCUT2D eigenvalue weighted by molar-refractivity contribution is 5.75. The number of carbonyl (C=O) groups is 1. The summed E-state index contributed by atoms with van der Waals surface area (Å²) in [7, 11) is 4.94. The van der Waals surface area contributed by atoms with Crippen molar-refractivity contribution in [1.29, 1.82) is 0 Å². The molecule has 1 aromatic heterocycles. The molecule has 5 heteroatoms. The van der Waals surface area contributed by atoms with Crippen LogP contribution in [-0.4, -0.2) is 42.2 Å². The number of hydrogen-bond acceptors (Lipinski definition) is 4. The van der Waals surface area contributed by atoms with Crippen molar-refractivity contribution in [3.8, 4) is 5.88 Å². The lowest BCUT2D eigenvalue weighted by molar-refractivity contribution is -0.142. The van der Waals surface area contributed by atoms with Crippen molar-refractivity contribution in [2.75, 3.05) is 21.2 Å². The molecule has 0 aliphatic heterocycles. The van der Waals surface area contributed by atoms with Gasteiger partial charge in [-0.2, -0.15) is 0 Å². The van der Waals surface area contributed by atoms with E-state index in [2.05, 4.69) is 4.98 Å². The molecule has 0 radical (unpaired) electrons. The summed E-state index contributed by atoms with van der Waals surface area (Å²) in [6, 6.07) is 2.67. The van der Waals surface area contributed by atoms with Crippen LogP contribution in [0.5, 0.6) is 5.88 Å². The molecule has 0 saturated carbocycles. The maximum Gasteiger partial charge on any atom is 0.325 e. The summed E-state index contributed by atoms with van der Waals surface area (Å²) in [5.41, 5.74) is 0.633. The Labute approximate surface area is 88.3 Å². The number of hydrogen-bond donors (Lipinski definition) is 1. The lowest BCUT2D eigenvalue weighted by Gasteiger charge is -2.19. The second kappa shape index (κ2) is 4.75. The molecule has 1 aromatic rings. The van der Waals surface area contributed by atoms with E-state index in [9.17, 15) is 4.79 Å². The molecule has 0 spiro atoms. The number of carboxylic acid groups (broad SMARTS) is 1. The van der Waals surface area contributed by atoms with E-state index < -0.39 is 12.0 Å². The molecule has 0 bridgehead atoms. The predicted octanol–water partition coefficient (Wildman–Crippen LogP) is 0.778. The van der Waals surface area contributed by atoms with Crippen LogP contribution in [-0.2, 0) is 4.79 Å². The summed E-state index contributed by atoms with van der Waals surface area (Å²) in [5.74, 6) is -0.423. The van der Waals surface area contributed by atoms with E-state index in [0.717, 1.165) is 0 Å². The molecule has 82 valence electrons. The van der Waals surface area contributed by atoms with Gasteiger partial charge in [-0.25, -0.2) is 4.98 Å². The third kappa shape index (κ3) is 2.66. The zero-order chi connectivity index (χ0) is 11.4. The molecule has 1 atom stereocenters. The fourth-order valence-electron chi connectivity index (χ4n) is 1.34. The Kier molecular flexibility index (Phi) is 3.62. The number of methoxy groups -OCH3 is 1. The Morgan fingerprint density at radius 2 is 2.20 bits per heavy atom. The second-order valence-corrected chi connectivity index (χ2v) is 3.34. The van der Waals surface area contributed by atoms with Gasteiger partial charge in [0.15, 0.2) is 0 Å². The minimum Gasteiger partial charge on any atom is -0.481 e. The number of pyridine rings is 1. The topological polar surface area (TPSA) is 62.7 Å². The third-order valence-corrected chi connectivity index (χ3v) is 2.03. The van der Waals surface area contributed by atoms with Crippen LogP contribution in [0.3, 0.4) is 0 Å². The van der Waals surface area contributed by atoms with Gasteiger partial charge in [-0.05, 0) is 25.7 Å². The standard InChI is InChI=1S/C10H14N2O3/c1-12(2)9(10(13)14)7-4-5-8(15-3)11-6-7/h4-6,9H,1-3H3,(H,13,14). The zero-order valence-electron chi connectivity index (χ0n) is 8.97. The lowest BCUT2D eigenvalue weighted by atomic mass is 10.1. The Morgan fingerprint density at radius 3 is 2.53 bits per heavy atom. The fourth-order valence-corrected chi connectivity index (χ4v) is 1.34.